The maximum Gasteiger partial charge on any atom is 0.372 e. The van der Waals surface area contributed by atoms with E-state index in [1.807, 2.05) is 0 Å². The number of carboxylic acids is 1. The summed E-state index contributed by atoms with van der Waals surface area (Å²) in [5, 5.41) is 25.4. The van der Waals surface area contributed by atoms with Crippen LogP contribution in [0.5, 0.6) is 0 Å². The van der Waals surface area contributed by atoms with Crippen LogP contribution in [0.4, 0.5) is 0 Å². The highest BCUT2D eigenvalue weighted by Gasteiger charge is 2.22. The van der Waals surface area contributed by atoms with E-state index in [4.69, 9.17) is 15.3 Å². The highest BCUT2D eigenvalue weighted by molar-refractivity contribution is 6.32. The second-order valence-electron chi connectivity index (χ2n) is 2.13. The van der Waals surface area contributed by atoms with Crippen molar-refractivity contribution in [1.82, 2.24) is 0 Å². The van der Waals surface area contributed by atoms with Crippen LogP contribution in [0.1, 0.15) is 6.42 Å². The zero-order chi connectivity index (χ0) is 9.72. The van der Waals surface area contributed by atoms with Gasteiger partial charge >= 0.3 is 5.97 Å². The van der Waals surface area contributed by atoms with Crippen LogP contribution in [0.15, 0.2) is 0 Å². The minimum Gasteiger partial charge on any atom is -0.475 e. The number of aliphatic carboxylic acids is 1. The Kier molecular flexibility index (Phi) is 4.09. The highest BCUT2D eigenvalue weighted by atomic mass is 16.4. The van der Waals surface area contributed by atoms with Gasteiger partial charge in [0, 0.05) is 6.42 Å². The van der Waals surface area contributed by atoms with E-state index in [-0.39, 0.29) is 6.29 Å². The Morgan fingerprint density at radius 1 is 1.33 bits per heavy atom. The van der Waals surface area contributed by atoms with Crippen molar-refractivity contribution in [3.63, 3.8) is 0 Å². The maximum atomic E-state index is 10.4. The van der Waals surface area contributed by atoms with Gasteiger partial charge < -0.3 is 20.1 Å². The summed E-state index contributed by atoms with van der Waals surface area (Å²) in [5.41, 5.74) is 0. The van der Waals surface area contributed by atoms with Crippen molar-refractivity contribution in [2.75, 3.05) is 0 Å². The number of aldehydes is 1. The molecule has 0 aromatic heterocycles. The van der Waals surface area contributed by atoms with Crippen LogP contribution < -0.4 is 0 Å². The molecule has 0 heterocycles. The van der Waals surface area contributed by atoms with Crippen molar-refractivity contribution in [2.45, 2.75) is 18.6 Å². The lowest BCUT2D eigenvalue weighted by Gasteiger charge is -2.09. The summed E-state index contributed by atoms with van der Waals surface area (Å²) in [7, 11) is 0. The van der Waals surface area contributed by atoms with Crippen molar-refractivity contribution in [3.8, 4) is 0 Å². The van der Waals surface area contributed by atoms with Crippen molar-refractivity contribution in [1.29, 1.82) is 0 Å². The van der Waals surface area contributed by atoms with Crippen molar-refractivity contribution in [2.24, 2.45) is 0 Å². The summed E-state index contributed by atoms with van der Waals surface area (Å²) in [6.45, 7) is 0. The minimum absolute atomic E-state index is 0.0276. The van der Waals surface area contributed by atoms with Crippen LogP contribution in [-0.2, 0) is 14.4 Å². The number of aliphatic hydroxyl groups excluding tert-OH is 2. The lowest BCUT2D eigenvalue weighted by atomic mass is 10.1. The van der Waals surface area contributed by atoms with E-state index in [9.17, 15) is 14.4 Å². The van der Waals surface area contributed by atoms with Gasteiger partial charge in [0.25, 0.3) is 0 Å². The number of ketones is 1. The zero-order valence-electron chi connectivity index (χ0n) is 6.01. The Balaban J connectivity index is 4.00. The Hall–Kier alpha value is -1.27. The van der Waals surface area contributed by atoms with Crippen LogP contribution in [0, 0.1) is 0 Å². The standard InChI is InChI=1S/C6H8O6/c7-2-5(10)3(8)1-4(9)6(11)12/h2-3,5,8,10H,1H2,(H,11,12)/t3-,5-/m0/s1. The predicted octanol–water partition coefficient (Wildman–Crippen LogP) is -2.05. The fraction of sp³-hybridized carbons (Fsp3) is 0.500. The summed E-state index contributed by atoms with van der Waals surface area (Å²) < 4.78 is 0. The number of carbonyl (C=O) groups is 3. The van der Waals surface area contributed by atoms with Gasteiger partial charge in [-0.1, -0.05) is 0 Å². The first-order chi connectivity index (χ1) is 5.49. The van der Waals surface area contributed by atoms with Crippen molar-refractivity contribution < 1.29 is 29.7 Å². The van der Waals surface area contributed by atoms with E-state index in [0.29, 0.717) is 0 Å². The van der Waals surface area contributed by atoms with Crippen LogP contribution in [0.2, 0.25) is 0 Å². The third-order valence-electron chi connectivity index (χ3n) is 1.17. The van der Waals surface area contributed by atoms with E-state index < -0.39 is 30.4 Å². The molecule has 6 nitrogen and oxygen atoms in total. The first-order valence-electron chi connectivity index (χ1n) is 3.06. The molecule has 0 aliphatic rings. The number of hydrogen-bond acceptors (Lipinski definition) is 5. The van der Waals surface area contributed by atoms with E-state index in [1.54, 1.807) is 0 Å². The summed E-state index contributed by atoms with van der Waals surface area (Å²) in [4.78, 5) is 30.1. The fourth-order valence-electron chi connectivity index (χ4n) is 0.489. The van der Waals surface area contributed by atoms with Crippen molar-refractivity contribution >= 4 is 18.0 Å². The average molecular weight is 176 g/mol. The lowest BCUT2D eigenvalue weighted by molar-refractivity contribution is -0.151. The number of rotatable bonds is 5. The molecule has 0 bridgehead atoms. The molecule has 0 radical (unpaired) electrons. The van der Waals surface area contributed by atoms with Gasteiger partial charge in [0.15, 0.2) is 6.29 Å². The topological polar surface area (TPSA) is 112 Å². The molecule has 0 aliphatic carbocycles. The van der Waals surface area contributed by atoms with Gasteiger partial charge in [-0.25, -0.2) is 4.79 Å². The Labute approximate surface area is 67.4 Å². The second-order valence-corrected chi connectivity index (χ2v) is 2.13. The molecule has 2 atom stereocenters. The molecule has 12 heavy (non-hydrogen) atoms. The molecule has 0 saturated heterocycles. The fourth-order valence-corrected chi connectivity index (χ4v) is 0.489. The second kappa shape index (κ2) is 4.58. The van der Waals surface area contributed by atoms with E-state index in [0.717, 1.165) is 0 Å². The van der Waals surface area contributed by atoms with E-state index >= 15 is 0 Å². The predicted molar refractivity (Wildman–Crippen MR) is 35.3 cm³/mol. The molecule has 0 rings (SSSR count). The van der Waals surface area contributed by atoms with Crippen LogP contribution in [0.25, 0.3) is 0 Å². The summed E-state index contributed by atoms with van der Waals surface area (Å²) in [6.07, 6.45) is -4.10. The smallest absolute Gasteiger partial charge is 0.372 e. The molecule has 0 aromatic rings. The normalized spacial score (nSPS) is 14.8. The molecule has 68 valence electrons. The molecule has 0 aliphatic heterocycles. The maximum absolute atomic E-state index is 10.4. The first kappa shape index (κ1) is 10.7. The van der Waals surface area contributed by atoms with Gasteiger partial charge in [-0.05, 0) is 0 Å². The highest BCUT2D eigenvalue weighted by Crippen LogP contribution is 1.97. The van der Waals surface area contributed by atoms with Gasteiger partial charge in [0.1, 0.15) is 6.10 Å². The number of hydrogen-bond donors (Lipinski definition) is 3. The molecular weight excluding hydrogens is 168 g/mol. The van der Waals surface area contributed by atoms with Crippen LogP contribution in [0.3, 0.4) is 0 Å². The van der Waals surface area contributed by atoms with Crippen molar-refractivity contribution in [3.05, 3.63) is 0 Å². The number of carboxylic acid groups (broad SMARTS) is 1. The molecule has 0 aromatic carbocycles. The SMILES string of the molecule is O=C[C@H](O)[C@@H](O)CC(=O)C(=O)O. The molecule has 0 amide bonds. The average Bonchev–Trinajstić information content (AvgIpc) is 2.02. The quantitative estimate of drug-likeness (QED) is 0.328. The van der Waals surface area contributed by atoms with Crippen LogP contribution >= 0.6 is 0 Å². The third-order valence-corrected chi connectivity index (χ3v) is 1.17. The minimum atomic E-state index is -1.71. The van der Waals surface area contributed by atoms with E-state index in [1.165, 1.54) is 0 Å². The monoisotopic (exact) mass is 176 g/mol. The van der Waals surface area contributed by atoms with Gasteiger partial charge in [0.05, 0.1) is 6.10 Å². The number of Topliss-reactive ketones (excluding diaryl/α,β-unsaturated/α-hetero) is 1. The van der Waals surface area contributed by atoms with Gasteiger partial charge in [-0.3, -0.25) is 4.79 Å². The largest absolute Gasteiger partial charge is 0.475 e. The summed E-state index contributed by atoms with van der Waals surface area (Å²) in [6, 6.07) is 0. The summed E-state index contributed by atoms with van der Waals surface area (Å²) >= 11 is 0. The molecule has 0 fully saturated rings. The van der Waals surface area contributed by atoms with Gasteiger partial charge in [0.2, 0.25) is 5.78 Å². The number of aliphatic hydroxyl groups is 2. The van der Waals surface area contributed by atoms with Gasteiger partial charge in [-0.2, -0.15) is 0 Å². The first-order valence-corrected chi connectivity index (χ1v) is 3.06. The number of carbonyl (C=O) groups excluding carboxylic acids is 2. The Bertz CT molecular complexity index is 198. The molecule has 3 N–H and O–H groups in total. The van der Waals surface area contributed by atoms with E-state index in [2.05, 4.69) is 0 Å². The molecule has 6 heteroatoms. The molecule has 0 unspecified atom stereocenters. The Morgan fingerprint density at radius 3 is 2.17 bits per heavy atom. The van der Waals surface area contributed by atoms with Gasteiger partial charge in [-0.15, -0.1) is 0 Å². The molecular formula is C6H8O6. The third kappa shape index (κ3) is 3.22. The van der Waals surface area contributed by atoms with Crippen LogP contribution in [-0.4, -0.2) is 45.6 Å². The lowest BCUT2D eigenvalue weighted by Crippen LogP contribution is -2.31. The zero-order valence-corrected chi connectivity index (χ0v) is 6.01. The summed E-state index contributed by atoms with van der Waals surface area (Å²) in [5.74, 6) is -2.95. The Morgan fingerprint density at radius 2 is 1.83 bits per heavy atom. The molecule has 0 spiro atoms. The molecule has 0 saturated carbocycles.